The van der Waals surface area contributed by atoms with E-state index < -0.39 is 22.0 Å². The number of carbonyl (C=O) groups excluding carboxylic acids is 1. The molecule has 1 heterocycles. The maximum atomic E-state index is 13.1. The van der Waals surface area contributed by atoms with Crippen LogP contribution in [0.2, 0.25) is 0 Å². The van der Waals surface area contributed by atoms with E-state index in [4.69, 9.17) is 4.52 Å². The lowest BCUT2D eigenvalue weighted by Crippen LogP contribution is -2.31. The second-order valence-corrected chi connectivity index (χ2v) is 8.71. The minimum Gasteiger partial charge on any atom is -0.341 e. The molecular weight excluding hydrogens is 423 g/mol. The van der Waals surface area contributed by atoms with Crippen LogP contribution in [-0.2, 0) is 10.0 Å². The van der Waals surface area contributed by atoms with Gasteiger partial charge in [-0.25, -0.2) is 12.8 Å². The van der Waals surface area contributed by atoms with Gasteiger partial charge in [0.2, 0.25) is 21.7 Å². The highest BCUT2D eigenvalue weighted by Crippen LogP contribution is 2.20. The molecule has 31 heavy (non-hydrogen) atoms. The highest BCUT2D eigenvalue weighted by Gasteiger charge is 2.23. The molecule has 3 aromatic rings. The Kier molecular flexibility index (Phi) is 6.81. The van der Waals surface area contributed by atoms with Crippen LogP contribution in [0.4, 0.5) is 4.39 Å². The summed E-state index contributed by atoms with van der Waals surface area (Å²) in [6.45, 7) is 5.84. The highest BCUT2D eigenvalue weighted by molar-refractivity contribution is 7.89. The minimum absolute atomic E-state index is 0.0490. The summed E-state index contributed by atoms with van der Waals surface area (Å²) < 4.78 is 45.0. The Hall–Kier alpha value is -3.11. The maximum Gasteiger partial charge on any atom is 0.251 e. The van der Waals surface area contributed by atoms with E-state index in [2.05, 4.69) is 15.5 Å². The quantitative estimate of drug-likeness (QED) is 0.569. The van der Waals surface area contributed by atoms with Crippen molar-refractivity contribution in [3.05, 3.63) is 65.8 Å². The Morgan fingerprint density at radius 3 is 2.48 bits per heavy atom. The van der Waals surface area contributed by atoms with Crippen LogP contribution in [-0.4, -0.2) is 41.9 Å². The third kappa shape index (κ3) is 4.97. The third-order valence-electron chi connectivity index (χ3n) is 4.70. The van der Waals surface area contributed by atoms with Gasteiger partial charge in [0.1, 0.15) is 11.9 Å². The molecule has 0 aliphatic heterocycles. The number of nitrogens with zero attached hydrogens (tertiary/aromatic N) is 3. The summed E-state index contributed by atoms with van der Waals surface area (Å²) in [7, 11) is -3.68. The predicted molar refractivity (Wildman–Crippen MR) is 112 cm³/mol. The summed E-state index contributed by atoms with van der Waals surface area (Å²) >= 11 is 0. The van der Waals surface area contributed by atoms with Gasteiger partial charge in [-0.2, -0.15) is 9.29 Å². The number of hydrogen-bond donors (Lipinski definition) is 1. The second-order valence-electron chi connectivity index (χ2n) is 6.78. The topological polar surface area (TPSA) is 105 Å². The first-order valence-electron chi connectivity index (χ1n) is 9.76. The average Bonchev–Trinajstić information content (AvgIpc) is 3.25. The SMILES string of the molecule is CCN(CC)S(=O)(=O)c1cccc(C(=O)NC(C)c2nc(-c3ccc(F)cc3)no2)c1. The molecule has 1 amide bonds. The molecule has 0 fully saturated rings. The normalized spacial score (nSPS) is 12.7. The first-order chi connectivity index (χ1) is 14.8. The zero-order valence-electron chi connectivity index (χ0n) is 17.4. The molecule has 164 valence electrons. The summed E-state index contributed by atoms with van der Waals surface area (Å²) in [4.78, 5) is 17.0. The van der Waals surface area contributed by atoms with E-state index in [1.165, 1.54) is 52.8 Å². The van der Waals surface area contributed by atoms with Gasteiger partial charge in [-0.05, 0) is 49.4 Å². The molecule has 0 aliphatic carbocycles. The number of aromatic nitrogens is 2. The van der Waals surface area contributed by atoms with Gasteiger partial charge in [-0.3, -0.25) is 4.79 Å². The van der Waals surface area contributed by atoms with Crippen molar-refractivity contribution in [2.75, 3.05) is 13.1 Å². The van der Waals surface area contributed by atoms with Crippen LogP contribution in [0.15, 0.2) is 57.9 Å². The number of benzene rings is 2. The molecule has 2 aromatic carbocycles. The van der Waals surface area contributed by atoms with Gasteiger partial charge in [0.15, 0.2) is 0 Å². The number of hydrogen-bond acceptors (Lipinski definition) is 6. The van der Waals surface area contributed by atoms with Crippen molar-refractivity contribution in [2.24, 2.45) is 0 Å². The zero-order chi connectivity index (χ0) is 22.6. The van der Waals surface area contributed by atoms with Crippen LogP contribution in [0.3, 0.4) is 0 Å². The van der Waals surface area contributed by atoms with Crippen molar-refractivity contribution >= 4 is 15.9 Å². The lowest BCUT2D eigenvalue weighted by Gasteiger charge is -2.18. The van der Waals surface area contributed by atoms with Crippen LogP contribution in [0.1, 0.15) is 43.1 Å². The van der Waals surface area contributed by atoms with Crippen molar-refractivity contribution in [1.82, 2.24) is 19.8 Å². The van der Waals surface area contributed by atoms with Crippen LogP contribution < -0.4 is 5.32 Å². The number of carbonyl (C=O) groups is 1. The van der Waals surface area contributed by atoms with E-state index in [-0.39, 0.29) is 28.0 Å². The van der Waals surface area contributed by atoms with Crippen molar-refractivity contribution in [3.8, 4) is 11.4 Å². The summed E-state index contributed by atoms with van der Waals surface area (Å²) in [5, 5.41) is 6.58. The van der Waals surface area contributed by atoms with E-state index in [0.717, 1.165) is 0 Å². The van der Waals surface area contributed by atoms with Gasteiger partial charge in [-0.15, -0.1) is 0 Å². The van der Waals surface area contributed by atoms with Crippen LogP contribution in [0.25, 0.3) is 11.4 Å². The Morgan fingerprint density at radius 2 is 1.84 bits per heavy atom. The van der Waals surface area contributed by atoms with Gasteiger partial charge in [0.25, 0.3) is 5.91 Å². The van der Waals surface area contributed by atoms with Gasteiger partial charge in [0, 0.05) is 24.2 Å². The van der Waals surface area contributed by atoms with E-state index in [9.17, 15) is 17.6 Å². The molecule has 0 bridgehead atoms. The molecule has 1 N–H and O–H groups in total. The van der Waals surface area contributed by atoms with Crippen molar-refractivity contribution in [1.29, 1.82) is 0 Å². The van der Waals surface area contributed by atoms with E-state index >= 15 is 0 Å². The van der Waals surface area contributed by atoms with Crippen LogP contribution in [0.5, 0.6) is 0 Å². The first-order valence-corrected chi connectivity index (χ1v) is 11.2. The van der Waals surface area contributed by atoms with Gasteiger partial charge in [0.05, 0.1) is 4.90 Å². The highest BCUT2D eigenvalue weighted by atomic mass is 32.2. The molecule has 3 rings (SSSR count). The largest absolute Gasteiger partial charge is 0.341 e. The summed E-state index contributed by atoms with van der Waals surface area (Å²) in [6.07, 6.45) is 0. The molecule has 0 radical (unpaired) electrons. The predicted octanol–water partition coefficient (Wildman–Crippen LogP) is 3.40. The van der Waals surface area contributed by atoms with E-state index in [0.29, 0.717) is 18.7 Å². The van der Waals surface area contributed by atoms with Gasteiger partial charge < -0.3 is 9.84 Å². The first kappa shape index (κ1) is 22.6. The Bertz CT molecular complexity index is 1160. The van der Waals surface area contributed by atoms with Crippen molar-refractivity contribution in [3.63, 3.8) is 0 Å². The van der Waals surface area contributed by atoms with Crippen molar-refractivity contribution in [2.45, 2.75) is 31.7 Å². The number of sulfonamides is 1. The molecule has 1 aromatic heterocycles. The Balaban J connectivity index is 1.75. The van der Waals surface area contributed by atoms with Crippen molar-refractivity contribution < 1.29 is 22.1 Å². The average molecular weight is 447 g/mol. The molecule has 0 spiro atoms. The number of amides is 1. The Morgan fingerprint density at radius 1 is 1.16 bits per heavy atom. The van der Waals surface area contributed by atoms with Gasteiger partial charge in [-0.1, -0.05) is 25.1 Å². The van der Waals surface area contributed by atoms with Crippen LogP contribution in [0, 0.1) is 5.82 Å². The number of rotatable bonds is 8. The minimum atomic E-state index is -3.68. The summed E-state index contributed by atoms with van der Waals surface area (Å²) in [5.41, 5.74) is 0.766. The maximum absolute atomic E-state index is 13.1. The fraction of sp³-hybridized carbons (Fsp3) is 0.286. The lowest BCUT2D eigenvalue weighted by molar-refractivity contribution is 0.0932. The summed E-state index contributed by atoms with van der Waals surface area (Å²) in [5.74, 6) is -0.424. The fourth-order valence-electron chi connectivity index (χ4n) is 2.98. The molecule has 10 heteroatoms. The molecule has 0 saturated heterocycles. The van der Waals surface area contributed by atoms with E-state index in [1.807, 2.05) is 0 Å². The molecular formula is C21H23FN4O4S. The monoisotopic (exact) mass is 446 g/mol. The fourth-order valence-corrected chi connectivity index (χ4v) is 4.48. The molecule has 8 nitrogen and oxygen atoms in total. The summed E-state index contributed by atoms with van der Waals surface area (Å²) in [6, 6.07) is 10.8. The molecule has 1 unspecified atom stereocenters. The standard InChI is InChI=1S/C21H23FN4O4S/c1-4-26(5-2)31(28,29)18-8-6-7-16(13-18)20(27)23-14(3)21-24-19(25-30-21)15-9-11-17(22)12-10-15/h6-14H,4-5H2,1-3H3,(H,23,27). The number of nitrogens with one attached hydrogen (secondary N) is 1. The number of halogens is 1. The zero-order valence-corrected chi connectivity index (χ0v) is 18.2. The second kappa shape index (κ2) is 9.36. The van der Waals surface area contributed by atoms with E-state index in [1.54, 1.807) is 20.8 Å². The lowest BCUT2D eigenvalue weighted by atomic mass is 10.2. The molecule has 0 aliphatic rings. The molecule has 0 saturated carbocycles. The van der Waals surface area contributed by atoms with Crippen LogP contribution >= 0.6 is 0 Å². The van der Waals surface area contributed by atoms with Gasteiger partial charge >= 0.3 is 0 Å². The Labute approximate surface area is 180 Å². The molecule has 1 atom stereocenters. The third-order valence-corrected chi connectivity index (χ3v) is 6.75. The smallest absolute Gasteiger partial charge is 0.251 e.